The molecular weight excluding hydrogens is 400 g/mol. The van der Waals surface area contributed by atoms with E-state index in [2.05, 4.69) is 0 Å². The second-order valence-electron chi connectivity index (χ2n) is 10.3. The van der Waals surface area contributed by atoms with Crippen molar-refractivity contribution < 1.29 is 22.6 Å². The van der Waals surface area contributed by atoms with E-state index < -0.39 is 21.0 Å². The Morgan fingerprint density at radius 2 is 0.900 bits per heavy atom. The van der Waals surface area contributed by atoms with Crippen molar-refractivity contribution in [1.29, 1.82) is 0 Å². The molecule has 0 amide bonds. The third-order valence-electron chi connectivity index (χ3n) is 3.57. The zero-order chi connectivity index (χ0) is 23.0. The van der Waals surface area contributed by atoms with E-state index in [0.717, 1.165) is 0 Å². The third-order valence-corrected chi connectivity index (χ3v) is 5.32. The molecule has 0 bridgehead atoms. The van der Waals surface area contributed by atoms with Gasteiger partial charge in [0.15, 0.2) is 0 Å². The van der Waals surface area contributed by atoms with Crippen molar-refractivity contribution >= 4 is 9.84 Å². The fraction of sp³-hybridized carbons (Fsp3) is 0.500. The third kappa shape index (κ3) is 7.24. The van der Waals surface area contributed by atoms with E-state index in [1.165, 1.54) is 12.1 Å². The zero-order valence-electron chi connectivity index (χ0n) is 19.5. The van der Waals surface area contributed by atoms with Crippen LogP contribution in [-0.2, 0) is 9.84 Å². The Bertz CT molecular complexity index is 936. The van der Waals surface area contributed by atoms with E-state index in [9.17, 15) is 8.42 Å². The number of benzene rings is 2. The van der Waals surface area contributed by atoms with E-state index in [0.29, 0.717) is 17.2 Å². The first kappa shape index (κ1) is 24.1. The molecule has 2 aromatic carbocycles. The van der Waals surface area contributed by atoms with Crippen LogP contribution in [0.15, 0.2) is 52.3 Å². The summed E-state index contributed by atoms with van der Waals surface area (Å²) in [6.45, 7) is 17.3. The molecule has 0 atom stereocenters. The van der Waals surface area contributed by atoms with E-state index >= 15 is 0 Å². The minimum Gasteiger partial charge on any atom is -0.488 e. The fourth-order valence-corrected chi connectivity index (χ4v) is 4.01. The number of rotatable bonds is 5. The minimum atomic E-state index is -3.77. The van der Waals surface area contributed by atoms with Gasteiger partial charge in [0.05, 0.1) is 9.79 Å². The summed E-state index contributed by atoms with van der Waals surface area (Å²) in [5.74, 6) is 1.49. The molecule has 0 fully saturated rings. The van der Waals surface area contributed by atoms with Crippen molar-refractivity contribution in [3.8, 4) is 17.2 Å². The van der Waals surface area contributed by atoms with Crippen LogP contribution in [0, 0.1) is 0 Å². The fourth-order valence-electron chi connectivity index (χ4n) is 2.70. The Balaban J connectivity index is 2.48. The Hall–Kier alpha value is -2.21. The van der Waals surface area contributed by atoms with Crippen LogP contribution < -0.4 is 14.2 Å². The van der Waals surface area contributed by atoms with Gasteiger partial charge in [-0.2, -0.15) is 0 Å². The Labute approximate surface area is 181 Å². The van der Waals surface area contributed by atoms with Gasteiger partial charge >= 0.3 is 0 Å². The molecule has 0 heterocycles. The highest BCUT2D eigenvalue weighted by molar-refractivity contribution is 7.91. The quantitative estimate of drug-likeness (QED) is 0.573. The highest BCUT2D eigenvalue weighted by Crippen LogP contribution is 2.33. The van der Waals surface area contributed by atoms with E-state index in [1.54, 1.807) is 30.3 Å². The molecule has 5 nitrogen and oxygen atoms in total. The van der Waals surface area contributed by atoms with E-state index in [1.807, 2.05) is 62.3 Å². The average Bonchev–Trinajstić information content (AvgIpc) is 2.50. The first-order chi connectivity index (χ1) is 13.4. The lowest BCUT2D eigenvalue weighted by Gasteiger charge is -2.25. The topological polar surface area (TPSA) is 61.8 Å². The zero-order valence-corrected chi connectivity index (χ0v) is 20.3. The molecule has 166 valence electrons. The predicted octanol–water partition coefficient (Wildman–Crippen LogP) is 6.05. The molecule has 0 saturated heterocycles. The lowest BCUT2D eigenvalue weighted by atomic mass is 10.2. The molecule has 0 saturated carbocycles. The second kappa shape index (κ2) is 8.14. The number of hydrogen-bond donors (Lipinski definition) is 0. The van der Waals surface area contributed by atoms with Gasteiger partial charge in [-0.3, -0.25) is 0 Å². The first-order valence-corrected chi connectivity index (χ1v) is 11.5. The molecular formula is C24H34O5S. The van der Waals surface area contributed by atoms with Gasteiger partial charge in [0.25, 0.3) is 0 Å². The van der Waals surface area contributed by atoms with Crippen LogP contribution in [0.2, 0.25) is 0 Å². The van der Waals surface area contributed by atoms with Gasteiger partial charge in [0.2, 0.25) is 9.84 Å². The molecule has 0 unspecified atom stereocenters. The molecule has 2 aromatic rings. The summed E-state index contributed by atoms with van der Waals surface area (Å²) in [7, 11) is -3.77. The van der Waals surface area contributed by atoms with Crippen molar-refractivity contribution in [3.63, 3.8) is 0 Å². The number of hydrogen-bond acceptors (Lipinski definition) is 5. The number of sulfone groups is 1. The molecule has 0 spiro atoms. The van der Waals surface area contributed by atoms with Crippen molar-refractivity contribution in [3.05, 3.63) is 42.5 Å². The van der Waals surface area contributed by atoms with Gasteiger partial charge in [0.1, 0.15) is 34.1 Å². The molecule has 0 aromatic heterocycles. The summed E-state index contributed by atoms with van der Waals surface area (Å²) in [4.78, 5) is 0.298. The molecule has 30 heavy (non-hydrogen) atoms. The molecule has 6 heteroatoms. The normalized spacial score (nSPS) is 13.1. The van der Waals surface area contributed by atoms with Crippen LogP contribution in [-0.4, -0.2) is 25.2 Å². The molecule has 0 radical (unpaired) electrons. The SMILES string of the molecule is CC(C)(C)Oc1ccc(S(=O)(=O)c2cc(OC(C)(C)C)cc(OC(C)(C)C)c2)cc1. The Morgan fingerprint density at radius 1 is 0.533 bits per heavy atom. The van der Waals surface area contributed by atoms with Gasteiger partial charge in [0, 0.05) is 6.07 Å². The lowest BCUT2D eigenvalue weighted by Crippen LogP contribution is -2.24. The highest BCUT2D eigenvalue weighted by Gasteiger charge is 2.23. The molecule has 0 aliphatic carbocycles. The lowest BCUT2D eigenvalue weighted by molar-refractivity contribution is 0.120. The maximum absolute atomic E-state index is 13.3. The minimum absolute atomic E-state index is 0.119. The summed E-state index contributed by atoms with van der Waals surface area (Å²) in [5.41, 5.74) is -1.32. The van der Waals surface area contributed by atoms with Crippen LogP contribution in [0.1, 0.15) is 62.3 Å². The van der Waals surface area contributed by atoms with Gasteiger partial charge in [-0.15, -0.1) is 0 Å². The maximum atomic E-state index is 13.3. The number of ether oxygens (including phenoxy) is 3. The molecule has 0 N–H and O–H groups in total. The van der Waals surface area contributed by atoms with Crippen molar-refractivity contribution in [1.82, 2.24) is 0 Å². The smallest absolute Gasteiger partial charge is 0.206 e. The van der Waals surface area contributed by atoms with Crippen molar-refractivity contribution in [2.45, 2.75) is 88.9 Å². The predicted molar refractivity (Wildman–Crippen MR) is 119 cm³/mol. The van der Waals surface area contributed by atoms with Crippen LogP contribution in [0.4, 0.5) is 0 Å². The molecule has 0 aliphatic rings. The van der Waals surface area contributed by atoms with Gasteiger partial charge in [-0.05, 0) is 98.7 Å². The largest absolute Gasteiger partial charge is 0.488 e. The van der Waals surface area contributed by atoms with Crippen molar-refractivity contribution in [2.24, 2.45) is 0 Å². The Kier molecular flexibility index (Phi) is 6.53. The average molecular weight is 435 g/mol. The summed E-state index contributed by atoms with van der Waals surface area (Å²) in [6.07, 6.45) is 0. The first-order valence-electron chi connectivity index (χ1n) is 10.0. The summed E-state index contributed by atoms with van der Waals surface area (Å²) < 4.78 is 44.3. The van der Waals surface area contributed by atoms with Crippen LogP contribution in [0.5, 0.6) is 17.2 Å². The maximum Gasteiger partial charge on any atom is 0.206 e. The molecule has 0 aliphatic heterocycles. The summed E-state index contributed by atoms with van der Waals surface area (Å²) in [5, 5.41) is 0. The summed E-state index contributed by atoms with van der Waals surface area (Å²) >= 11 is 0. The van der Waals surface area contributed by atoms with E-state index in [-0.39, 0.29) is 15.4 Å². The monoisotopic (exact) mass is 434 g/mol. The molecule has 2 rings (SSSR count). The highest BCUT2D eigenvalue weighted by atomic mass is 32.2. The second-order valence-corrected chi connectivity index (χ2v) is 12.2. The Morgan fingerprint density at radius 3 is 1.27 bits per heavy atom. The van der Waals surface area contributed by atoms with Crippen LogP contribution in [0.25, 0.3) is 0 Å². The van der Waals surface area contributed by atoms with Gasteiger partial charge < -0.3 is 14.2 Å². The van der Waals surface area contributed by atoms with Gasteiger partial charge in [-0.25, -0.2) is 8.42 Å². The van der Waals surface area contributed by atoms with E-state index in [4.69, 9.17) is 14.2 Å². The van der Waals surface area contributed by atoms with Gasteiger partial charge in [-0.1, -0.05) is 0 Å². The van der Waals surface area contributed by atoms with Crippen LogP contribution in [0.3, 0.4) is 0 Å². The standard InChI is InChI=1S/C24H34O5S/c1-22(2,3)27-17-10-12-20(13-11-17)30(25,26)21-15-18(28-23(4,5)6)14-19(16-21)29-24(7,8)9/h10-16H,1-9H3. The summed E-state index contributed by atoms with van der Waals surface area (Å²) in [6, 6.07) is 11.2. The van der Waals surface area contributed by atoms with Crippen molar-refractivity contribution in [2.75, 3.05) is 0 Å². The van der Waals surface area contributed by atoms with Crippen LogP contribution >= 0.6 is 0 Å².